The third kappa shape index (κ3) is 7.34. The van der Waals surface area contributed by atoms with E-state index < -0.39 is 55.7 Å². The number of hydrogen-bond acceptors (Lipinski definition) is 6. The van der Waals surface area contributed by atoms with Crippen LogP contribution in [0, 0.1) is 0 Å². The van der Waals surface area contributed by atoms with Crippen LogP contribution in [0.3, 0.4) is 0 Å². The van der Waals surface area contributed by atoms with Crippen molar-refractivity contribution in [2.24, 2.45) is 0 Å². The molecule has 144 valence electrons. The zero-order chi connectivity index (χ0) is 18.9. The molecule has 1 aliphatic heterocycles. The Morgan fingerprint density at radius 3 is 1.46 bits per heavy atom. The van der Waals surface area contributed by atoms with Crippen molar-refractivity contribution in [1.29, 1.82) is 0 Å². The van der Waals surface area contributed by atoms with Crippen LogP contribution in [-0.4, -0.2) is 72.5 Å². The third-order valence-corrected chi connectivity index (χ3v) is 6.20. The molecule has 5 atom stereocenters. The van der Waals surface area contributed by atoms with Gasteiger partial charge in [-0.3, -0.25) is 0 Å². The average molecular weight is 397 g/mol. The maximum Gasteiger partial charge on any atom is 0.184 e. The molecule has 1 unspecified atom stereocenters. The number of aliphatic hydroxyl groups excluding tert-OH is 2. The van der Waals surface area contributed by atoms with E-state index >= 15 is 0 Å². The van der Waals surface area contributed by atoms with Gasteiger partial charge in [-0.15, -0.1) is 0 Å². The Morgan fingerprint density at radius 2 is 1.08 bits per heavy atom. The van der Waals surface area contributed by atoms with E-state index in [0.717, 1.165) is 0 Å². The standard InChI is InChI=1S/C15H36O6Si3/c1-22(2,3)19-12-11(10-16)18-15(17)14(21-24(7,8)9)13(12)20-23(4,5)6/h11-17H,10H2,1-9H3/t11-,12-,13+,14-,15?/m1/s1. The summed E-state index contributed by atoms with van der Waals surface area (Å²) >= 11 is 0. The Morgan fingerprint density at radius 1 is 0.708 bits per heavy atom. The van der Waals surface area contributed by atoms with Gasteiger partial charge < -0.3 is 28.2 Å². The fourth-order valence-electron chi connectivity index (χ4n) is 2.67. The molecular weight excluding hydrogens is 360 g/mol. The molecular formula is C15H36O6Si3. The summed E-state index contributed by atoms with van der Waals surface area (Å²) in [5.74, 6) is 0. The minimum absolute atomic E-state index is 0.225. The van der Waals surface area contributed by atoms with Gasteiger partial charge in [0.2, 0.25) is 0 Å². The van der Waals surface area contributed by atoms with Crippen LogP contribution in [0.4, 0.5) is 0 Å². The van der Waals surface area contributed by atoms with Crippen molar-refractivity contribution < 1.29 is 28.2 Å². The highest BCUT2D eigenvalue weighted by atomic mass is 28.4. The van der Waals surface area contributed by atoms with Crippen LogP contribution in [0.25, 0.3) is 0 Å². The van der Waals surface area contributed by atoms with Gasteiger partial charge in [-0.05, 0) is 58.9 Å². The molecule has 1 fully saturated rings. The number of hydrogen-bond donors (Lipinski definition) is 2. The monoisotopic (exact) mass is 396 g/mol. The number of ether oxygens (including phenoxy) is 1. The molecule has 1 rings (SSSR count). The Hall–Kier alpha value is 0.411. The Labute approximate surface area is 149 Å². The van der Waals surface area contributed by atoms with Crippen LogP contribution in [-0.2, 0) is 18.0 Å². The summed E-state index contributed by atoms with van der Waals surface area (Å²) in [6.07, 6.45) is -3.24. The molecule has 6 nitrogen and oxygen atoms in total. The van der Waals surface area contributed by atoms with E-state index in [1.54, 1.807) is 0 Å². The van der Waals surface area contributed by atoms with E-state index in [-0.39, 0.29) is 6.61 Å². The molecule has 0 aromatic carbocycles. The predicted molar refractivity (Wildman–Crippen MR) is 103 cm³/mol. The van der Waals surface area contributed by atoms with Crippen molar-refractivity contribution in [1.82, 2.24) is 0 Å². The highest BCUT2D eigenvalue weighted by Gasteiger charge is 2.50. The van der Waals surface area contributed by atoms with E-state index in [1.807, 2.05) is 0 Å². The van der Waals surface area contributed by atoms with Crippen molar-refractivity contribution in [3.63, 3.8) is 0 Å². The second-order valence-corrected chi connectivity index (χ2v) is 22.7. The maximum atomic E-state index is 10.5. The van der Waals surface area contributed by atoms with E-state index in [4.69, 9.17) is 18.0 Å². The summed E-state index contributed by atoms with van der Waals surface area (Å²) in [7, 11) is -5.78. The molecule has 0 amide bonds. The van der Waals surface area contributed by atoms with Crippen molar-refractivity contribution in [2.45, 2.75) is 89.6 Å². The Balaban J connectivity index is 3.20. The van der Waals surface area contributed by atoms with Crippen LogP contribution < -0.4 is 0 Å². The number of rotatable bonds is 7. The summed E-state index contributed by atoms with van der Waals surface area (Å²) in [6.45, 7) is 18.5. The average Bonchev–Trinajstić information content (AvgIpc) is 2.32. The smallest absolute Gasteiger partial charge is 0.184 e. The summed E-state index contributed by atoms with van der Waals surface area (Å²) in [4.78, 5) is 0. The van der Waals surface area contributed by atoms with Gasteiger partial charge in [0.05, 0.1) is 6.61 Å². The van der Waals surface area contributed by atoms with Gasteiger partial charge >= 0.3 is 0 Å². The molecule has 0 spiro atoms. The van der Waals surface area contributed by atoms with Gasteiger partial charge in [0.1, 0.15) is 24.4 Å². The second kappa shape index (κ2) is 7.97. The first-order chi connectivity index (χ1) is 10.6. The third-order valence-electron chi connectivity index (χ3n) is 3.26. The van der Waals surface area contributed by atoms with Crippen molar-refractivity contribution in [3.05, 3.63) is 0 Å². The highest BCUT2D eigenvalue weighted by molar-refractivity contribution is 6.70. The molecule has 0 aromatic heterocycles. The first kappa shape index (κ1) is 22.5. The molecule has 0 aliphatic carbocycles. The van der Waals surface area contributed by atoms with Crippen LogP contribution in [0.2, 0.25) is 58.9 Å². The van der Waals surface area contributed by atoms with Crippen molar-refractivity contribution in [3.8, 4) is 0 Å². The minimum atomic E-state index is -1.94. The topological polar surface area (TPSA) is 77.4 Å². The van der Waals surface area contributed by atoms with Crippen molar-refractivity contribution >= 4 is 25.0 Å². The largest absolute Gasteiger partial charge is 0.409 e. The van der Waals surface area contributed by atoms with Crippen LogP contribution in [0.15, 0.2) is 0 Å². The van der Waals surface area contributed by atoms with Gasteiger partial charge in [-0.25, -0.2) is 0 Å². The van der Waals surface area contributed by atoms with Crippen LogP contribution in [0.1, 0.15) is 0 Å². The molecule has 1 saturated heterocycles. The van der Waals surface area contributed by atoms with Gasteiger partial charge in [0.15, 0.2) is 31.2 Å². The van der Waals surface area contributed by atoms with Gasteiger partial charge in [-0.1, -0.05) is 0 Å². The maximum absolute atomic E-state index is 10.5. The summed E-state index contributed by atoms with van der Waals surface area (Å²) in [5.41, 5.74) is 0. The van der Waals surface area contributed by atoms with Gasteiger partial charge in [0, 0.05) is 0 Å². The lowest BCUT2D eigenvalue weighted by atomic mass is 9.99. The molecule has 24 heavy (non-hydrogen) atoms. The molecule has 9 heteroatoms. The molecule has 2 N–H and O–H groups in total. The van der Waals surface area contributed by atoms with Gasteiger partial charge in [-0.2, -0.15) is 0 Å². The Bertz CT molecular complexity index is 401. The fourth-order valence-corrected chi connectivity index (χ4v) is 5.92. The molecule has 0 aromatic rings. The lowest BCUT2D eigenvalue weighted by Crippen LogP contribution is -2.65. The Kier molecular flexibility index (Phi) is 7.46. The summed E-state index contributed by atoms with van der Waals surface area (Å²) < 4.78 is 24.5. The van der Waals surface area contributed by atoms with E-state index in [9.17, 15) is 10.2 Å². The zero-order valence-electron chi connectivity index (χ0n) is 16.6. The molecule has 1 heterocycles. The van der Waals surface area contributed by atoms with Gasteiger partial charge in [0.25, 0.3) is 0 Å². The molecule has 1 aliphatic rings. The molecule has 0 saturated carbocycles. The zero-order valence-corrected chi connectivity index (χ0v) is 19.6. The second-order valence-electron chi connectivity index (χ2n) is 9.33. The lowest BCUT2D eigenvalue weighted by Gasteiger charge is -2.49. The molecule has 0 radical (unpaired) electrons. The molecule has 0 bridgehead atoms. The quantitative estimate of drug-likeness (QED) is 0.643. The SMILES string of the molecule is C[Si](C)(C)O[C@H]1[C@H](O[Si](C)(C)C)[C@@H](O[Si](C)(C)C)C(O)O[C@@H]1CO. The highest BCUT2D eigenvalue weighted by Crippen LogP contribution is 2.32. The number of aliphatic hydroxyl groups is 2. The van der Waals surface area contributed by atoms with Crippen LogP contribution >= 0.6 is 0 Å². The minimum Gasteiger partial charge on any atom is -0.409 e. The van der Waals surface area contributed by atoms with E-state index in [0.29, 0.717) is 0 Å². The normalized spacial score (nSPS) is 32.9. The van der Waals surface area contributed by atoms with Crippen LogP contribution in [0.5, 0.6) is 0 Å². The van der Waals surface area contributed by atoms with E-state index in [1.165, 1.54) is 0 Å². The first-order valence-corrected chi connectivity index (χ1v) is 18.8. The fraction of sp³-hybridized carbons (Fsp3) is 1.00. The van der Waals surface area contributed by atoms with Crippen molar-refractivity contribution in [2.75, 3.05) is 6.61 Å². The lowest BCUT2D eigenvalue weighted by molar-refractivity contribution is -0.275. The van der Waals surface area contributed by atoms with E-state index in [2.05, 4.69) is 58.9 Å². The predicted octanol–water partition coefficient (Wildman–Crippen LogP) is 2.36. The summed E-state index contributed by atoms with van der Waals surface area (Å²) in [5, 5.41) is 20.2. The first-order valence-electron chi connectivity index (χ1n) is 8.61. The summed E-state index contributed by atoms with van der Waals surface area (Å²) in [6, 6.07) is 0.